The van der Waals surface area contributed by atoms with Crippen LogP contribution >= 0.6 is 0 Å². The lowest BCUT2D eigenvalue weighted by molar-refractivity contribution is -0.125. The highest BCUT2D eigenvalue weighted by Gasteiger charge is 2.21. The third-order valence-electron chi connectivity index (χ3n) is 4.28. The monoisotopic (exact) mass is 310 g/mol. The van der Waals surface area contributed by atoms with E-state index < -0.39 is 0 Å². The summed E-state index contributed by atoms with van der Waals surface area (Å²) in [5.74, 6) is -0.244. The van der Waals surface area contributed by atoms with E-state index >= 15 is 0 Å². The smallest absolute Gasteiger partial charge is 0.224 e. The first-order chi connectivity index (χ1) is 11.1. The number of amides is 1. The molecule has 0 bridgehead atoms. The molecule has 3 heteroatoms. The lowest BCUT2D eigenvalue weighted by Gasteiger charge is -2.19. The van der Waals surface area contributed by atoms with E-state index in [1.165, 1.54) is 11.1 Å². The van der Waals surface area contributed by atoms with Crippen LogP contribution in [0.5, 0.6) is 0 Å². The van der Waals surface area contributed by atoms with Gasteiger partial charge in [-0.25, -0.2) is 0 Å². The number of carbonyl (C=O) groups excluding carboxylic acids is 1. The van der Waals surface area contributed by atoms with Gasteiger partial charge < -0.3 is 11.1 Å². The second-order valence-corrected chi connectivity index (χ2v) is 5.94. The zero-order valence-electron chi connectivity index (χ0n) is 14.0. The van der Waals surface area contributed by atoms with Crippen LogP contribution in [0.3, 0.4) is 0 Å². The van der Waals surface area contributed by atoms with Gasteiger partial charge in [0.05, 0.1) is 5.92 Å². The van der Waals surface area contributed by atoms with E-state index in [0.29, 0.717) is 6.54 Å². The molecule has 1 amide bonds. The third kappa shape index (κ3) is 4.93. The predicted octanol–water partition coefficient (Wildman–Crippen LogP) is 3.24. The summed E-state index contributed by atoms with van der Waals surface area (Å²) in [5.41, 5.74) is 9.76. The molecule has 0 saturated heterocycles. The molecule has 2 unspecified atom stereocenters. The van der Waals surface area contributed by atoms with Crippen LogP contribution in [0, 0.1) is 5.92 Å². The fraction of sp³-hybridized carbons (Fsp3) is 0.350. The Bertz CT molecular complexity index is 607. The molecule has 2 aromatic carbocycles. The minimum Gasteiger partial charge on any atom is -0.355 e. The number of hydrogen-bond donors (Lipinski definition) is 2. The van der Waals surface area contributed by atoms with E-state index in [1.807, 2.05) is 37.3 Å². The van der Waals surface area contributed by atoms with Crippen LogP contribution in [-0.4, -0.2) is 12.5 Å². The van der Waals surface area contributed by atoms with Gasteiger partial charge in [0.2, 0.25) is 5.91 Å². The maximum Gasteiger partial charge on any atom is 0.224 e. The maximum atomic E-state index is 12.3. The summed E-state index contributed by atoms with van der Waals surface area (Å²) >= 11 is 0. The summed E-state index contributed by atoms with van der Waals surface area (Å²) in [6, 6.07) is 18.0. The SMILES string of the molecule is CCc1ccc(CCNC(=O)C(C)C(N)c2ccccc2)cc1. The molecule has 122 valence electrons. The van der Waals surface area contributed by atoms with Crippen LogP contribution in [0.1, 0.15) is 36.6 Å². The Hall–Kier alpha value is -2.13. The van der Waals surface area contributed by atoms with Crippen molar-refractivity contribution in [1.82, 2.24) is 5.32 Å². The van der Waals surface area contributed by atoms with Crippen molar-refractivity contribution >= 4 is 5.91 Å². The first-order valence-corrected chi connectivity index (χ1v) is 8.28. The second-order valence-electron chi connectivity index (χ2n) is 5.94. The molecule has 0 aliphatic carbocycles. The average molecular weight is 310 g/mol. The molecule has 2 rings (SSSR count). The van der Waals surface area contributed by atoms with Crippen molar-refractivity contribution in [2.75, 3.05) is 6.54 Å². The van der Waals surface area contributed by atoms with Crippen LogP contribution < -0.4 is 11.1 Å². The molecule has 2 aromatic rings. The molecule has 3 N–H and O–H groups in total. The van der Waals surface area contributed by atoms with E-state index in [1.54, 1.807) is 0 Å². The highest BCUT2D eigenvalue weighted by Crippen LogP contribution is 2.19. The Balaban J connectivity index is 1.81. The normalized spacial score (nSPS) is 13.3. The largest absolute Gasteiger partial charge is 0.355 e. The van der Waals surface area contributed by atoms with Gasteiger partial charge in [-0.05, 0) is 29.5 Å². The van der Waals surface area contributed by atoms with Crippen molar-refractivity contribution in [3.05, 3.63) is 71.3 Å². The zero-order valence-corrected chi connectivity index (χ0v) is 14.0. The third-order valence-corrected chi connectivity index (χ3v) is 4.28. The summed E-state index contributed by atoms with van der Waals surface area (Å²) < 4.78 is 0. The molecule has 0 aromatic heterocycles. The van der Waals surface area contributed by atoms with Crippen LogP contribution in [0.25, 0.3) is 0 Å². The van der Waals surface area contributed by atoms with Crippen molar-refractivity contribution in [2.45, 2.75) is 32.7 Å². The van der Waals surface area contributed by atoms with Crippen LogP contribution in [0.2, 0.25) is 0 Å². The molecule has 0 spiro atoms. The Labute approximate surface area is 138 Å². The summed E-state index contributed by atoms with van der Waals surface area (Å²) in [7, 11) is 0. The van der Waals surface area contributed by atoms with Gasteiger partial charge in [-0.1, -0.05) is 68.4 Å². The molecule has 0 heterocycles. The highest BCUT2D eigenvalue weighted by molar-refractivity contribution is 5.79. The average Bonchev–Trinajstić information content (AvgIpc) is 2.61. The van der Waals surface area contributed by atoms with E-state index in [-0.39, 0.29) is 17.9 Å². The number of aryl methyl sites for hydroxylation is 1. The van der Waals surface area contributed by atoms with E-state index in [4.69, 9.17) is 5.73 Å². The lowest BCUT2D eigenvalue weighted by atomic mass is 9.94. The van der Waals surface area contributed by atoms with Crippen molar-refractivity contribution in [1.29, 1.82) is 0 Å². The molecule has 3 nitrogen and oxygen atoms in total. The van der Waals surface area contributed by atoms with Gasteiger partial charge in [-0.15, -0.1) is 0 Å². The quantitative estimate of drug-likeness (QED) is 0.825. The van der Waals surface area contributed by atoms with Gasteiger partial charge in [0, 0.05) is 12.6 Å². The predicted molar refractivity (Wildman–Crippen MR) is 95.1 cm³/mol. The van der Waals surface area contributed by atoms with E-state index in [0.717, 1.165) is 18.4 Å². The number of nitrogens with one attached hydrogen (secondary N) is 1. The molecule has 0 fully saturated rings. The topological polar surface area (TPSA) is 55.1 Å². The molecule has 0 radical (unpaired) electrons. The minimum atomic E-state index is -0.278. The second kappa shape index (κ2) is 8.49. The van der Waals surface area contributed by atoms with Gasteiger partial charge in [0.25, 0.3) is 0 Å². The molecular weight excluding hydrogens is 284 g/mol. The highest BCUT2D eigenvalue weighted by atomic mass is 16.1. The van der Waals surface area contributed by atoms with Crippen LogP contribution in [0.4, 0.5) is 0 Å². The van der Waals surface area contributed by atoms with Crippen LogP contribution in [-0.2, 0) is 17.6 Å². The summed E-state index contributed by atoms with van der Waals surface area (Å²) in [4.78, 5) is 12.3. The first-order valence-electron chi connectivity index (χ1n) is 8.28. The van der Waals surface area contributed by atoms with Gasteiger partial charge >= 0.3 is 0 Å². The number of rotatable bonds is 7. The van der Waals surface area contributed by atoms with Gasteiger partial charge in [0.1, 0.15) is 0 Å². The van der Waals surface area contributed by atoms with E-state index in [9.17, 15) is 4.79 Å². The summed E-state index contributed by atoms with van der Waals surface area (Å²) in [6.45, 7) is 4.66. The number of hydrogen-bond acceptors (Lipinski definition) is 2. The lowest BCUT2D eigenvalue weighted by Crippen LogP contribution is -2.36. The number of carbonyl (C=O) groups is 1. The van der Waals surface area contributed by atoms with Crippen molar-refractivity contribution < 1.29 is 4.79 Å². The number of nitrogens with two attached hydrogens (primary N) is 1. The maximum absolute atomic E-state index is 12.3. The first kappa shape index (κ1) is 17.2. The van der Waals surface area contributed by atoms with Gasteiger partial charge in [0.15, 0.2) is 0 Å². The number of benzene rings is 2. The van der Waals surface area contributed by atoms with Crippen molar-refractivity contribution in [3.63, 3.8) is 0 Å². The molecule has 23 heavy (non-hydrogen) atoms. The van der Waals surface area contributed by atoms with Gasteiger partial charge in [-0.3, -0.25) is 4.79 Å². The molecule has 0 saturated carbocycles. The Morgan fingerprint density at radius 2 is 1.65 bits per heavy atom. The van der Waals surface area contributed by atoms with E-state index in [2.05, 4.69) is 36.5 Å². The molecule has 0 aliphatic rings. The summed E-state index contributed by atoms with van der Waals surface area (Å²) in [5, 5.41) is 2.99. The Kier molecular flexibility index (Phi) is 6.36. The fourth-order valence-electron chi connectivity index (χ4n) is 2.56. The standard InChI is InChI=1S/C20H26N2O/c1-3-16-9-11-17(12-10-16)13-14-22-20(23)15(2)19(21)18-7-5-4-6-8-18/h4-12,15,19H,3,13-14,21H2,1-2H3,(H,22,23). The fourth-order valence-corrected chi connectivity index (χ4v) is 2.56. The van der Waals surface area contributed by atoms with Crippen LogP contribution in [0.15, 0.2) is 54.6 Å². The molecular formula is C20H26N2O. The van der Waals surface area contributed by atoms with Gasteiger partial charge in [-0.2, -0.15) is 0 Å². The molecule has 2 atom stereocenters. The summed E-state index contributed by atoms with van der Waals surface area (Å²) in [6.07, 6.45) is 1.88. The molecule has 0 aliphatic heterocycles. The zero-order chi connectivity index (χ0) is 16.7. The Morgan fingerprint density at radius 3 is 2.26 bits per heavy atom. The van der Waals surface area contributed by atoms with Crippen molar-refractivity contribution in [2.24, 2.45) is 11.7 Å². The minimum absolute atomic E-state index is 0.00605. The Morgan fingerprint density at radius 1 is 1.04 bits per heavy atom. The van der Waals surface area contributed by atoms with Crippen molar-refractivity contribution in [3.8, 4) is 0 Å².